The fourth-order valence-corrected chi connectivity index (χ4v) is 1.61. The van der Waals surface area contributed by atoms with Gasteiger partial charge in [-0.15, -0.1) is 0 Å². The van der Waals surface area contributed by atoms with Crippen LogP contribution in [0.4, 0.5) is 5.82 Å². The molecule has 0 aliphatic carbocycles. The van der Waals surface area contributed by atoms with Crippen LogP contribution in [0.5, 0.6) is 0 Å². The van der Waals surface area contributed by atoms with Gasteiger partial charge in [-0.05, 0) is 25.0 Å². The lowest BCUT2D eigenvalue weighted by atomic mass is 10.3. The van der Waals surface area contributed by atoms with E-state index in [9.17, 15) is 0 Å². The topological polar surface area (TPSA) is 52.6 Å². The number of methoxy groups -OCH3 is 1. The molecule has 114 valence electrons. The normalized spacial score (nSPS) is 10.7. The van der Waals surface area contributed by atoms with Crippen molar-refractivity contribution in [3.63, 3.8) is 0 Å². The molecular weight excluding hydrogens is 256 g/mol. The van der Waals surface area contributed by atoms with E-state index in [2.05, 4.69) is 17.2 Å². The number of aromatic nitrogens is 1. The molecule has 0 amide bonds. The van der Waals surface area contributed by atoms with E-state index in [4.69, 9.17) is 14.2 Å². The Morgan fingerprint density at radius 3 is 2.75 bits per heavy atom. The molecule has 0 saturated heterocycles. The number of nitrogens with zero attached hydrogens (tertiary/aromatic N) is 1. The Morgan fingerprint density at radius 2 is 1.95 bits per heavy atom. The number of nitrogens with one attached hydrogen (secondary N) is 1. The van der Waals surface area contributed by atoms with Crippen LogP contribution in [0.25, 0.3) is 0 Å². The van der Waals surface area contributed by atoms with Gasteiger partial charge in [-0.1, -0.05) is 13.0 Å². The predicted octanol–water partition coefficient (Wildman–Crippen LogP) is 2.47. The van der Waals surface area contributed by atoms with Gasteiger partial charge in [0.1, 0.15) is 5.82 Å². The Kier molecular flexibility index (Phi) is 9.83. The van der Waals surface area contributed by atoms with Crippen molar-refractivity contribution in [3.8, 4) is 0 Å². The lowest BCUT2D eigenvalue weighted by Gasteiger charge is -2.08. The van der Waals surface area contributed by atoms with Crippen molar-refractivity contribution in [2.75, 3.05) is 45.4 Å². The third-order valence-corrected chi connectivity index (χ3v) is 2.62. The van der Waals surface area contributed by atoms with Crippen molar-refractivity contribution < 1.29 is 14.2 Å². The molecule has 5 nitrogen and oxygen atoms in total. The zero-order valence-electron chi connectivity index (χ0n) is 12.6. The van der Waals surface area contributed by atoms with Gasteiger partial charge >= 0.3 is 0 Å². The maximum atomic E-state index is 5.54. The second kappa shape index (κ2) is 11.6. The molecule has 0 saturated carbocycles. The van der Waals surface area contributed by atoms with Gasteiger partial charge < -0.3 is 19.5 Å². The lowest BCUT2D eigenvalue weighted by Crippen LogP contribution is -2.08. The number of ether oxygens (including phenoxy) is 3. The smallest absolute Gasteiger partial charge is 0.126 e. The third kappa shape index (κ3) is 8.09. The summed E-state index contributed by atoms with van der Waals surface area (Å²) in [4.78, 5) is 4.48. The van der Waals surface area contributed by atoms with Crippen molar-refractivity contribution >= 4 is 5.82 Å². The van der Waals surface area contributed by atoms with E-state index in [0.29, 0.717) is 26.4 Å². The Labute approximate surface area is 121 Å². The molecule has 0 atom stereocenters. The van der Waals surface area contributed by atoms with Crippen LogP contribution in [0.15, 0.2) is 18.2 Å². The van der Waals surface area contributed by atoms with Crippen LogP contribution in [-0.2, 0) is 20.8 Å². The van der Waals surface area contributed by atoms with Gasteiger partial charge in [-0.2, -0.15) is 0 Å². The first-order chi connectivity index (χ1) is 9.86. The van der Waals surface area contributed by atoms with E-state index in [1.807, 2.05) is 18.2 Å². The van der Waals surface area contributed by atoms with E-state index >= 15 is 0 Å². The summed E-state index contributed by atoms with van der Waals surface area (Å²) in [5.41, 5.74) is 0.936. The van der Waals surface area contributed by atoms with Crippen LogP contribution in [0.2, 0.25) is 0 Å². The average Bonchev–Trinajstić information content (AvgIpc) is 2.48. The first kappa shape index (κ1) is 16.9. The highest BCUT2D eigenvalue weighted by molar-refractivity contribution is 5.34. The highest BCUT2D eigenvalue weighted by Crippen LogP contribution is 2.05. The van der Waals surface area contributed by atoms with Gasteiger partial charge in [0.05, 0.1) is 25.5 Å². The number of hydrogen-bond donors (Lipinski definition) is 1. The second-order valence-corrected chi connectivity index (χ2v) is 4.45. The van der Waals surface area contributed by atoms with Crippen LogP contribution >= 0.6 is 0 Å². The average molecular weight is 282 g/mol. The maximum absolute atomic E-state index is 5.54. The molecule has 0 unspecified atom stereocenters. The highest BCUT2D eigenvalue weighted by Gasteiger charge is 1.98. The van der Waals surface area contributed by atoms with Crippen LogP contribution in [-0.4, -0.2) is 45.1 Å². The van der Waals surface area contributed by atoms with E-state index in [1.165, 1.54) is 0 Å². The molecule has 0 aliphatic rings. The van der Waals surface area contributed by atoms with Gasteiger partial charge in [-0.25, -0.2) is 4.98 Å². The number of rotatable bonds is 12. The monoisotopic (exact) mass is 282 g/mol. The lowest BCUT2D eigenvalue weighted by molar-refractivity contribution is 0.0328. The van der Waals surface area contributed by atoms with E-state index in [1.54, 1.807) is 7.11 Å². The van der Waals surface area contributed by atoms with Gasteiger partial charge in [0.15, 0.2) is 0 Å². The summed E-state index contributed by atoms with van der Waals surface area (Å²) < 4.78 is 15.9. The standard InChI is InChI=1S/C15H26N2O3/c1-3-8-16-15-7-4-6-14(17-15)13-20-12-11-19-10-5-9-18-2/h4,6-7H,3,5,8-13H2,1-2H3,(H,16,17). The summed E-state index contributed by atoms with van der Waals surface area (Å²) in [5, 5.41) is 3.26. The molecule has 5 heteroatoms. The molecule has 20 heavy (non-hydrogen) atoms. The van der Waals surface area contributed by atoms with Crippen LogP contribution in [0, 0.1) is 0 Å². The zero-order chi connectivity index (χ0) is 14.5. The molecule has 0 radical (unpaired) electrons. The van der Waals surface area contributed by atoms with Crippen molar-refractivity contribution in [2.45, 2.75) is 26.4 Å². The van der Waals surface area contributed by atoms with Crippen molar-refractivity contribution in [3.05, 3.63) is 23.9 Å². The molecule has 1 heterocycles. The Balaban J connectivity index is 2.09. The Hall–Kier alpha value is -1.17. The van der Waals surface area contributed by atoms with Crippen LogP contribution < -0.4 is 5.32 Å². The van der Waals surface area contributed by atoms with Crippen molar-refractivity contribution in [1.29, 1.82) is 0 Å². The Bertz CT molecular complexity index is 348. The Morgan fingerprint density at radius 1 is 1.10 bits per heavy atom. The molecular formula is C15H26N2O3. The zero-order valence-corrected chi connectivity index (χ0v) is 12.6. The molecule has 0 aliphatic heterocycles. The first-order valence-corrected chi connectivity index (χ1v) is 7.21. The van der Waals surface area contributed by atoms with Gasteiger partial charge in [0.25, 0.3) is 0 Å². The summed E-state index contributed by atoms with van der Waals surface area (Å²) in [5.74, 6) is 0.906. The summed E-state index contributed by atoms with van der Waals surface area (Å²) in [6.07, 6.45) is 2.01. The highest BCUT2D eigenvalue weighted by atomic mass is 16.5. The van der Waals surface area contributed by atoms with Crippen LogP contribution in [0.1, 0.15) is 25.5 Å². The summed E-state index contributed by atoms with van der Waals surface area (Å²) >= 11 is 0. The van der Waals surface area contributed by atoms with Crippen LogP contribution in [0.3, 0.4) is 0 Å². The molecule has 1 rings (SSSR count). The fraction of sp³-hybridized carbons (Fsp3) is 0.667. The summed E-state index contributed by atoms with van der Waals surface area (Å²) in [6, 6.07) is 5.93. The number of anilines is 1. The van der Waals surface area contributed by atoms with Crippen molar-refractivity contribution in [2.24, 2.45) is 0 Å². The molecule has 0 spiro atoms. The second-order valence-electron chi connectivity index (χ2n) is 4.45. The molecule has 0 aromatic carbocycles. The van der Waals surface area contributed by atoms with E-state index in [-0.39, 0.29) is 0 Å². The largest absolute Gasteiger partial charge is 0.385 e. The fourth-order valence-electron chi connectivity index (χ4n) is 1.61. The number of pyridine rings is 1. The van der Waals surface area contributed by atoms with E-state index in [0.717, 1.165) is 37.5 Å². The summed E-state index contributed by atoms with van der Waals surface area (Å²) in [7, 11) is 1.69. The molecule has 0 fully saturated rings. The molecule has 1 N–H and O–H groups in total. The quantitative estimate of drug-likeness (QED) is 0.597. The third-order valence-electron chi connectivity index (χ3n) is 2.62. The molecule has 0 bridgehead atoms. The minimum atomic E-state index is 0.517. The van der Waals surface area contributed by atoms with E-state index < -0.39 is 0 Å². The van der Waals surface area contributed by atoms with Crippen molar-refractivity contribution in [1.82, 2.24) is 4.98 Å². The minimum Gasteiger partial charge on any atom is -0.385 e. The SMILES string of the molecule is CCCNc1cccc(COCCOCCCOC)n1. The number of hydrogen-bond acceptors (Lipinski definition) is 5. The first-order valence-electron chi connectivity index (χ1n) is 7.21. The van der Waals surface area contributed by atoms with Gasteiger partial charge in [0, 0.05) is 26.9 Å². The minimum absolute atomic E-state index is 0.517. The van der Waals surface area contributed by atoms with Gasteiger partial charge in [-0.3, -0.25) is 0 Å². The summed E-state index contributed by atoms with van der Waals surface area (Å²) in [6.45, 7) is 6.23. The predicted molar refractivity (Wildman–Crippen MR) is 80.0 cm³/mol. The van der Waals surface area contributed by atoms with Gasteiger partial charge in [0.2, 0.25) is 0 Å². The molecule has 1 aromatic rings. The molecule has 1 aromatic heterocycles. The maximum Gasteiger partial charge on any atom is 0.126 e.